The molecule has 0 aliphatic rings. The third-order valence-electron chi connectivity index (χ3n) is 4.30. The number of carbonyl (C=O) groups is 1. The van der Waals surface area contributed by atoms with Crippen LogP contribution in [0.4, 0.5) is 18.9 Å². The van der Waals surface area contributed by atoms with Crippen LogP contribution >= 0.6 is 0 Å². The molecule has 0 aliphatic heterocycles. The van der Waals surface area contributed by atoms with Gasteiger partial charge in [0.15, 0.2) is 11.6 Å². The van der Waals surface area contributed by atoms with Crippen molar-refractivity contribution in [2.75, 3.05) is 11.8 Å². The molecule has 0 bridgehead atoms. The molecule has 0 atom stereocenters. The summed E-state index contributed by atoms with van der Waals surface area (Å²) in [5, 5.41) is 0. The number of nitrogens with one attached hydrogen (secondary N) is 1. The normalized spacial score (nSPS) is 11.2. The average molecular weight is 434 g/mol. The molecule has 1 N–H and O–H groups in total. The van der Waals surface area contributed by atoms with Gasteiger partial charge in [-0.15, -0.1) is 0 Å². The number of hydrogen-bond donors (Lipinski definition) is 1. The van der Waals surface area contributed by atoms with Crippen molar-refractivity contribution < 1.29 is 26.4 Å². The number of rotatable bonds is 6. The number of anilines is 1. The van der Waals surface area contributed by atoms with Crippen molar-refractivity contribution in [1.82, 2.24) is 4.90 Å². The highest BCUT2D eigenvalue weighted by atomic mass is 32.2. The maximum Gasteiger partial charge on any atom is 0.261 e. The molecule has 9 heteroatoms. The van der Waals surface area contributed by atoms with Gasteiger partial charge in [-0.25, -0.2) is 21.6 Å². The fourth-order valence-corrected chi connectivity index (χ4v) is 3.78. The first-order valence-corrected chi connectivity index (χ1v) is 10.2. The Hall–Kier alpha value is -3.33. The average Bonchev–Trinajstić information content (AvgIpc) is 2.71. The molecule has 0 heterocycles. The number of benzene rings is 3. The van der Waals surface area contributed by atoms with E-state index >= 15 is 0 Å². The largest absolute Gasteiger partial charge is 0.337 e. The Bertz CT molecular complexity index is 1180. The van der Waals surface area contributed by atoms with Crippen LogP contribution in [0, 0.1) is 17.5 Å². The van der Waals surface area contributed by atoms with E-state index in [1.807, 2.05) is 0 Å². The third kappa shape index (κ3) is 4.80. The van der Waals surface area contributed by atoms with Crippen LogP contribution in [0.3, 0.4) is 0 Å². The van der Waals surface area contributed by atoms with Gasteiger partial charge in [-0.05, 0) is 48.5 Å². The fourth-order valence-electron chi connectivity index (χ4n) is 2.71. The summed E-state index contributed by atoms with van der Waals surface area (Å²) in [5.41, 5.74) is 0.766. The van der Waals surface area contributed by atoms with Crippen molar-refractivity contribution in [3.8, 4) is 0 Å². The number of nitrogens with zero attached hydrogens (tertiary/aromatic N) is 1. The van der Waals surface area contributed by atoms with Crippen LogP contribution < -0.4 is 4.72 Å². The zero-order chi connectivity index (χ0) is 21.9. The van der Waals surface area contributed by atoms with E-state index in [2.05, 4.69) is 4.72 Å². The maximum absolute atomic E-state index is 13.8. The van der Waals surface area contributed by atoms with E-state index in [1.54, 1.807) is 18.2 Å². The lowest BCUT2D eigenvalue weighted by molar-refractivity contribution is 0.0784. The number of sulfonamides is 1. The minimum atomic E-state index is -4.14. The minimum Gasteiger partial charge on any atom is -0.337 e. The van der Waals surface area contributed by atoms with Gasteiger partial charge in [0, 0.05) is 30.4 Å². The van der Waals surface area contributed by atoms with Gasteiger partial charge in [-0.3, -0.25) is 9.52 Å². The molecular weight excluding hydrogens is 417 g/mol. The second-order valence-electron chi connectivity index (χ2n) is 6.51. The molecule has 0 aromatic heterocycles. The van der Waals surface area contributed by atoms with Crippen molar-refractivity contribution >= 4 is 21.6 Å². The van der Waals surface area contributed by atoms with E-state index in [-0.39, 0.29) is 23.7 Å². The summed E-state index contributed by atoms with van der Waals surface area (Å²) in [7, 11) is -2.62. The van der Waals surface area contributed by atoms with E-state index in [0.29, 0.717) is 11.6 Å². The highest BCUT2D eigenvalue weighted by Crippen LogP contribution is 2.19. The van der Waals surface area contributed by atoms with Crippen LogP contribution in [0.15, 0.2) is 71.6 Å². The Morgan fingerprint density at radius 2 is 1.57 bits per heavy atom. The van der Waals surface area contributed by atoms with Gasteiger partial charge in [-0.1, -0.05) is 18.2 Å². The summed E-state index contributed by atoms with van der Waals surface area (Å²) in [4.78, 5) is 13.4. The Balaban J connectivity index is 1.71. The second kappa shape index (κ2) is 8.58. The predicted octanol–water partition coefficient (Wildman–Crippen LogP) is 4.18. The van der Waals surface area contributed by atoms with Crippen molar-refractivity contribution in [3.05, 3.63) is 95.3 Å². The van der Waals surface area contributed by atoms with Crippen LogP contribution in [0.1, 0.15) is 15.9 Å². The van der Waals surface area contributed by atoms with Crippen molar-refractivity contribution in [3.63, 3.8) is 0 Å². The quantitative estimate of drug-likeness (QED) is 0.633. The van der Waals surface area contributed by atoms with Crippen molar-refractivity contribution in [2.45, 2.75) is 11.4 Å². The lowest BCUT2D eigenvalue weighted by Gasteiger charge is -2.18. The van der Waals surface area contributed by atoms with Gasteiger partial charge in [0.25, 0.3) is 15.9 Å². The molecule has 30 heavy (non-hydrogen) atoms. The van der Waals surface area contributed by atoms with Gasteiger partial charge >= 0.3 is 0 Å². The van der Waals surface area contributed by atoms with E-state index < -0.39 is 32.4 Å². The van der Waals surface area contributed by atoms with E-state index in [4.69, 9.17) is 0 Å². The lowest BCUT2D eigenvalue weighted by atomic mass is 10.1. The van der Waals surface area contributed by atoms with Crippen LogP contribution in [0.25, 0.3) is 0 Å². The van der Waals surface area contributed by atoms with Gasteiger partial charge in [0.1, 0.15) is 5.82 Å². The fraction of sp³-hybridized carbons (Fsp3) is 0.0952. The lowest BCUT2D eigenvalue weighted by Crippen LogP contribution is -2.26. The minimum absolute atomic E-state index is 0.0655. The Kier molecular flexibility index (Phi) is 6.12. The molecule has 0 unspecified atom stereocenters. The van der Waals surface area contributed by atoms with E-state index in [1.165, 1.54) is 42.3 Å². The molecule has 5 nitrogen and oxygen atoms in total. The summed E-state index contributed by atoms with van der Waals surface area (Å²) in [6.07, 6.45) is 0. The number of halogens is 3. The van der Waals surface area contributed by atoms with Crippen LogP contribution in [-0.4, -0.2) is 26.3 Å². The number of hydrogen-bond acceptors (Lipinski definition) is 3. The molecule has 0 spiro atoms. The van der Waals surface area contributed by atoms with Crippen LogP contribution in [-0.2, 0) is 16.6 Å². The van der Waals surface area contributed by atoms with Crippen LogP contribution in [0.5, 0.6) is 0 Å². The topological polar surface area (TPSA) is 66.5 Å². The Labute approximate surface area is 171 Å². The van der Waals surface area contributed by atoms with Gasteiger partial charge in [0.2, 0.25) is 0 Å². The molecule has 3 rings (SSSR count). The number of carbonyl (C=O) groups excluding carboxylic acids is 1. The maximum atomic E-state index is 13.8. The molecular formula is C21H17F3N2O3S. The summed E-state index contributed by atoms with van der Waals surface area (Å²) in [5.74, 6) is -3.24. The van der Waals surface area contributed by atoms with Gasteiger partial charge in [-0.2, -0.15) is 0 Å². The first-order valence-electron chi connectivity index (χ1n) is 8.74. The van der Waals surface area contributed by atoms with E-state index in [9.17, 15) is 26.4 Å². The molecule has 3 aromatic carbocycles. The molecule has 3 aromatic rings. The molecule has 156 valence electrons. The SMILES string of the molecule is CN(Cc1ccccc1F)C(=O)c1ccc(NS(=O)(=O)c2ccc(F)c(F)c2)cc1. The Morgan fingerprint density at radius 3 is 2.20 bits per heavy atom. The molecule has 1 amide bonds. The highest BCUT2D eigenvalue weighted by Gasteiger charge is 2.18. The summed E-state index contributed by atoms with van der Waals surface area (Å²) in [6.45, 7) is 0.0655. The monoisotopic (exact) mass is 434 g/mol. The Morgan fingerprint density at radius 1 is 0.900 bits per heavy atom. The zero-order valence-electron chi connectivity index (χ0n) is 15.8. The standard InChI is InChI=1S/C21H17F3N2O3S/c1-26(13-15-4-2-3-5-18(15)22)21(27)14-6-8-16(9-7-14)25-30(28,29)17-10-11-19(23)20(24)12-17/h2-12,25H,13H2,1H3. The van der Waals surface area contributed by atoms with Crippen LogP contribution in [0.2, 0.25) is 0 Å². The number of amides is 1. The third-order valence-corrected chi connectivity index (χ3v) is 5.68. The zero-order valence-corrected chi connectivity index (χ0v) is 16.6. The molecule has 0 saturated carbocycles. The predicted molar refractivity (Wildman–Crippen MR) is 106 cm³/mol. The smallest absolute Gasteiger partial charge is 0.261 e. The van der Waals surface area contributed by atoms with Crippen molar-refractivity contribution in [1.29, 1.82) is 0 Å². The van der Waals surface area contributed by atoms with Gasteiger partial charge in [0.05, 0.1) is 4.90 Å². The van der Waals surface area contributed by atoms with Gasteiger partial charge < -0.3 is 4.90 Å². The summed E-state index contributed by atoms with van der Waals surface area (Å²) in [6, 6.07) is 13.9. The molecule has 0 radical (unpaired) electrons. The second-order valence-corrected chi connectivity index (χ2v) is 8.19. The summed E-state index contributed by atoms with van der Waals surface area (Å²) >= 11 is 0. The highest BCUT2D eigenvalue weighted by molar-refractivity contribution is 7.92. The van der Waals surface area contributed by atoms with E-state index in [0.717, 1.165) is 12.1 Å². The molecule has 0 aliphatic carbocycles. The molecule has 0 fully saturated rings. The summed E-state index contributed by atoms with van der Waals surface area (Å²) < 4.78 is 67.0. The molecule has 0 saturated heterocycles. The van der Waals surface area contributed by atoms with Crippen molar-refractivity contribution in [2.24, 2.45) is 0 Å². The first kappa shape index (κ1) is 21.4. The first-order chi connectivity index (χ1) is 14.2.